The van der Waals surface area contributed by atoms with Crippen molar-refractivity contribution in [3.63, 3.8) is 0 Å². The molecule has 0 unspecified atom stereocenters. The van der Waals surface area contributed by atoms with E-state index in [4.69, 9.17) is 11.0 Å². The van der Waals surface area contributed by atoms with Crippen LogP contribution in [-0.2, 0) is 0 Å². The molecule has 0 aromatic carbocycles. The summed E-state index contributed by atoms with van der Waals surface area (Å²) in [4.78, 5) is 0. The van der Waals surface area contributed by atoms with Gasteiger partial charge in [0, 0.05) is 12.1 Å². The fourth-order valence-electron chi connectivity index (χ4n) is 0.643. The largest absolute Gasteiger partial charge is 0.326 e. The van der Waals surface area contributed by atoms with E-state index in [1.54, 1.807) is 0 Å². The highest BCUT2D eigenvalue weighted by molar-refractivity contribution is 5.28. The first-order valence-corrected chi connectivity index (χ1v) is 3.43. The minimum atomic E-state index is 0.362. The summed E-state index contributed by atoms with van der Waals surface area (Å²) in [6, 6.07) is 2.09. The molecule has 0 aliphatic heterocycles. The lowest BCUT2D eigenvalue weighted by molar-refractivity contribution is 0.757. The monoisotopic (exact) mass is 138 g/mol. The van der Waals surface area contributed by atoms with Gasteiger partial charge < -0.3 is 5.73 Å². The molecule has 0 amide bonds. The standard InChI is InChI=1S/C8H14N2/c1-6(2)7(3)8(4-9)5-10/h6H,4,9H2,1-3H3/b8-7-. The van der Waals surface area contributed by atoms with E-state index in [1.165, 1.54) is 0 Å². The van der Waals surface area contributed by atoms with Crippen LogP contribution in [-0.4, -0.2) is 6.54 Å². The number of allylic oxidation sites excluding steroid dienone is 1. The van der Waals surface area contributed by atoms with E-state index in [-0.39, 0.29) is 0 Å². The number of nitriles is 1. The lowest BCUT2D eigenvalue weighted by Crippen LogP contribution is -2.06. The maximum atomic E-state index is 8.56. The fourth-order valence-corrected chi connectivity index (χ4v) is 0.643. The van der Waals surface area contributed by atoms with Crippen molar-refractivity contribution < 1.29 is 0 Å². The summed E-state index contributed by atoms with van der Waals surface area (Å²) >= 11 is 0. The molecule has 0 aromatic heterocycles. The van der Waals surface area contributed by atoms with E-state index in [0.717, 1.165) is 11.1 Å². The summed E-state index contributed by atoms with van der Waals surface area (Å²) in [6.45, 7) is 6.43. The van der Waals surface area contributed by atoms with Crippen LogP contribution in [0.3, 0.4) is 0 Å². The van der Waals surface area contributed by atoms with Crippen LogP contribution >= 0.6 is 0 Å². The molecule has 0 atom stereocenters. The van der Waals surface area contributed by atoms with Gasteiger partial charge in [0.1, 0.15) is 0 Å². The zero-order valence-corrected chi connectivity index (χ0v) is 6.81. The number of hydrogen-bond donors (Lipinski definition) is 1. The number of nitrogens with two attached hydrogens (primary N) is 1. The molecule has 2 nitrogen and oxygen atoms in total. The van der Waals surface area contributed by atoms with Gasteiger partial charge >= 0.3 is 0 Å². The summed E-state index contributed by atoms with van der Waals surface area (Å²) in [7, 11) is 0. The molecule has 0 fully saturated rings. The zero-order chi connectivity index (χ0) is 8.15. The van der Waals surface area contributed by atoms with E-state index in [0.29, 0.717) is 12.5 Å². The van der Waals surface area contributed by atoms with Crippen LogP contribution in [0.1, 0.15) is 20.8 Å². The molecule has 0 radical (unpaired) electrons. The van der Waals surface area contributed by atoms with Crippen molar-refractivity contribution in [2.45, 2.75) is 20.8 Å². The van der Waals surface area contributed by atoms with Crippen molar-refractivity contribution in [2.75, 3.05) is 6.54 Å². The first kappa shape index (κ1) is 9.19. The van der Waals surface area contributed by atoms with E-state index in [2.05, 4.69) is 19.9 Å². The Bertz CT molecular complexity index is 172. The van der Waals surface area contributed by atoms with Crippen LogP contribution in [0.5, 0.6) is 0 Å². The zero-order valence-electron chi connectivity index (χ0n) is 6.81. The van der Waals surface area contributed by atoms with Crippen molar-refractivity contribution in [3.05, 3.63) is 11.1 Å². The molecule has 0 rings (SSSR count). The molecule has 0 aromatic rings. The molecule has 0 heterocycles. The maximum absolute atomic E-state index is 8.56. The Labute approximate surface area is 62.3 Å². The van der Waals surface area contributed by atoms with Gasteiger partial charge in [0.15, 0.2) is 0 Å². The average molecular weight is 138 g/mol. The van der Waals surface area contributed by atoms with Gasteiger partial charge in [-0.1, -0.05) is 19.4 Å². The molecule has 0 aliphatic rings. The van der Waals surface area contributed by atoms with Gasteiger partial charge in [-0.2, -0.15) is 5.26 Å². The summed E-state index contributed by atoms with van der Waals surface area (Å²) in [5.41, 5.74) is 7.16. The summed E-state index contributed by atoms with van der Waals surface area (Å²) in [6.07, 6.45) is 0. The number of nitrogens with zero attached hydrogens (tertiary/aromatic N) is 1. The molecule has 0 saturated carbocycles. The molecule has 2 N–H and O–H groups in total. The highest BCUT2D eigenvalue weighted by Gasteiger charge is 2.02. The minimum Gasteiger partial charge on any atom is -0.326 e. The van der Waals surface area contributed by atoms with Crippen molar-refractivity contribution in [2.24, 2.45) is 11.7 Å². The van der Waals surface area contributed by atoms with Gasteiger partial charge in [-0.15, -0.1) is 0 Å². The molecule has 0 spiro atoms. The first-order valence-electron chi connectivity index (χ1n) is 3.43. The SMILES string of the molecule is C/C(=C(/C#N)CN)C(C)C. The van der Waals surface area contributed by atoms with Gasteiger partial charge in [-0.05, 0) is 12.8 Å². The van der Waals surface area contributed by atoms with Crippen molar-refractivity contribution in [1.29, 1.82) is 5.26 Å². The molecule has 56 valence electrons. The fraction of sp³-hybridized carbons (Fsp3) is 0.625. The Morgan fingerprint density at radius 2 is 2.10 bits per heavy atom. The number of hydrogen-bond acceptors (Lipinski definition) is 2. The van der Waals surface area contributed by atoms with Crippen molar-refractivity contribution in [3.8, 4) is 6.07 Å². The Morgan fingerprint density at radius 1 is 1.60 bits per heavy atom. The Morgan fingerprint density at radius 3 is 2.20 bits per heavy atom. The lowest BCUT2D eigenvalue weighted by atomic mass is 10.00. The average Bonchev–Trinajstić information content (AvgIpc) is 1.90. The van der Waals surface area contributed by atoms with Crippen LogP contribution in [0.4, 0.5) is 0 Å². The van der Waals surface area contributed by atoms with Gasteiger partial charge in [0.25, 0.3) is 0 Å². The van der Waals surface area contributed by atoms with E-state index < -0.39 is 0 Å². The Kier molecular flexibility index (Phi) is 3.75. The molecule has 0 aliphatic carbocycles. The van der Waals surface area contributed by atoms with E-state index >= 15 is 0 Å². The van der Waals surface area contributed by atoms with Crippen molar-refractivity contribution >= 4 is 0 Å². The van der Waals surface area contributed by atoms with Gasteiger partial charge in [0.2, 0.25) is 0 Å². The second-order valence-corrected chi connectivity index (χ2v) is 2.63. The highest BCUT2D eigenvalue weighted by Crippen LogP contribution is 2.11. The van der Waals surface area contributed by atoms with Crippen LogP contribution in [0.15, 0.2) is 11.1 Å². The normalized spacial score (nSPS) is 12.8. The number of rotatable bonds is 2. The Balaban J connectivity index is 4.48. The van der Waals surface area contributed by atoms with Crippen LogP contribution in [0.25, 0.3) is 0 Å². The topological polar surface area (TPSA) is 49.8 Å². The molecule has 0 saturated heterocycles. The predicted molar refractivity (Wildman–Crippen MR) is 42.2 cm³/mol. The van der Waals surface area contributed by atoms with Crippen LogP contribution in [0.2, 0.25) is 0 Å². The van der Waals surface area contributed by atoms with Gasteiger partial charge in [-0.25, -0.2) is 0 Å². The Hall–Kier alpha value is -0.810. The smallest absolute Gasteiger partial charge is 0.0960 e. The second kappa shape index (κ2) is 4.08. The first-order chi connectivity index (χ1) is 4.63. The van der Waals surface area contributed by atoms with Crippen molar-refractivity contribution in [1.82, 2.24) is 0 Å². The molecule has 0 bridgehead atoms. The van der Waals surface area contributed by atoms with Gasteiger partial charge in [-0.3, -0.25) is 0 Å². The third-order valence-corrected chi connectivity index (χ3v) is 1.68. The third-order valence-electron chi connectivity index (χ3n) is 1.68. The van der Waals surface area contributed by atoms with Gasteiger partial charge in [0.05, 0.1) is 6.07 Å². The maximum Gasteiger partial charge on any atom is 0.0960 e. The molecule has 2 heteroatoms. The highest BCUT2D eigenvalue weighted by atomic mass is 14.5. The van der Waals surface area contributed by atoms with Crippen LogP contribution < -0.4 is 5.73 Å². The minimum absolute atomic E-state index is 0.362. The molecule has 10 heavy (non-hydrogen) atoms. The van der Waals surface area contributed by atoms with E-state index in [9.17, 15) is 0 Å². The molecular weight excluding hydrogens is 124 g/mol. The van der Waals surface area contributed by atoms with Crippen LogP contribution in [0, 0.1) is 17.2 Å². The quantitative estimate of drug-likeness (QED) is 0.587. The summed E-state index contributed by atoms with van der Waals surface area (Å²) in [5, 5.41) is 8.56. The lowest BCUT2D eigenvalue weighted by Gasteiger charge is -2.06. The van der Waals surface area contributed by atoms with E-state index in [1.807, 2.05) is 6.92 Å². The predicted octanol–water partition coefficient (Wildman–Crippen LogP) is 1.44. The third kappa shape index (κ3) is 2.20. The second-order valence-electron chi connectivity index (χ2n) is 2.63. The summed E-state index contributed by atoms with van der Waals surface area (Å²) in [5.74, 6) is 0.429. The molecular formula is C8H14N2. The summed E-state index contributed by atoms with van der Waals surface area (Å²) < 4.78 is 0.